The summed E-state index contributed by atoms with van der Waals surface area (Å²) in [5, 5.41) is 12.5. The Labute approximate surface area is 120 Å². The second kappa shape index (κ2) is 6.22. The summed E-state index contributed by atoms with van der Waals surface area (Å²) in [6, 6.07) is 3.48. The van der Waals surface area contributed by atoms with Crippen LogP contribution in [-0.2, 0) is 0 Å². The lowest BCUT2D eigenvalue weighted by atomic mass is 9.87. The molecule has 1 aromatic rings. The first kappa shape index (κ1) is 14.8. The first-order valence-electron chi connectivity index (χ1n) is 7.09. The number of amides is 1. The number of nitrogens with zero attached hydrogens (tertiary/aromatic N) is 2. The lowest BCUT2D eigenvalue weighted by Gasteiger charge is -2.26. The Morgan fingerprint density at radius 3 is 2.75 bits per heavy atom. The second-order valence-electron chi connectivity index (χ2n) is 5.85. The molecule has 0 bridgehead atoms. The molecule has 0 aliphatic heterocycles. The molecule has 20 heavy (non-hydrogen) atoms. The van der Waals surface area contributed by atoms with Crippen molar-refractivity contribution < 1.29 is 9.90 Å². The Bertz CT molecular complexity index is 468. The van der Waals surface area contributed by atoms with Gasteiger partial charge in [-0.1, -0.05) is 12.8 Å². The summed E-state index contributed by atoms with van der Waals surface area (Å²) in [4.78, 5) is 18.3. The smallest absolute Gasteiger partial charge is 0.251 e. The molecule has 1 aliphatic carbocycles. The molecule has 0 aromatic carbocycles. The van der Waals surface area contributed by atoms with Crippen molar-refractivity contribution in [1.29, 1.82) is 0 Å². The van der Waals surface area contributed by atoms with Crippen LogP contribution in [0, 0.1) is 5.41 Å². The number of carbonyl (C=O) groups excluding carboxylic acids is 1. The molecule has 1 aromatic heterocycles. The minimum absolute atomic E-state index is 0.102. The Balaban J connectivity index is 1.99. The van der Waals surface area contributed by atoms with Gasteiger partial charge in [0.2, 0.25) is 0 Å². The Hall–Kier alpha value is -1.62. The van der Waals surface area contributed by atoms with Crippen LogP contribution in [0.25, 0.3) is 0 Å². The van der Waals surface area contributed by atoms with E-state index >= 15 is 0 Å². The maximum atomic E-state index is 12.2. The number of carbonyl (C=O) groups is 1. The van der Waals surface area contributed by atoms with Gasteiger partial charge in [-0.3, -0.25) is 4.79 Å². The third-order valence-electron chi connectivity index (χ3n) is 4.09. The average molecular weight is 277 g/mol. The van der Waals surface area contributed by atoms with Crippen molar-refractivity contribution in [3.8, 4) is 0 Å². The molecule has 110 valence electrons. The van der Waals surface area contributed by atoms with Crippen LogP contribution >= 0.6 is 0 Å². The van der Waals surface area contributed by atoms with Gasteiger partial charge in [0.25, 0.3) is 5.91 Å². The van der Waals surface area contributed by atoms with E-state index in [0.717, 1.165) is 31.5 Å². The molecule has 0 unspecified atom stereocenters. The number of aromatic nitrogens is 1. The highest BCUT2D eigenvalue weighted by atomic mass is 16.3. The maximum absolute atomic E-state index is 12.2. The molecule has 5 heteroatoms. The van der Waals surface area contributed by atoms with Crippen molar-refractivity contribution in [2.45, 2.75) is 25.7 Å². The molecule has 0 radical (unpaired) electrons. The quantitative estimate of drug-likeness (QED) is 0.854. The fourth-order valence-corrected chi connectivity index (χ4v) is 2.69. The lowest BCUT2D eigenvalue weighted by molar-refractivity contribution is 0.0880. The van der Waals surface area contributed by atoms with Gasteiger partial charge in [0.1, 0.15) is 5.82 Å². The lowest BCUT2D eigenvalue weighted by Crippen LogP contribution is -2.38. The highest BCUT2D eigenvalue weighted by molar-refractivity contribution is 5.94. The number of anilines is 1. The number of hydrogen-bond donors (Lipinski definition) is 2. The van der Waals surface area contributed by atoms with Crippen molar-refractivity contribution in [2.75, 3.05) is 32.1 Å². The summed E-state index contributed by atoms with van der Waals surface area (Å²) in [6.07, 6.45) is 5.89. The van der Waals surface area contributed by atoms with E-state index in [0.29, 0.717) is 12.1 Å². The SMILES string of the molecule is CN(C)c1cc(C(=O)NCC2(CO)CCCC2)ccn1. The minimum Gasteiger partial charge on any atom is -0.396 e. The minimum atomic E-state index is -0.118. The van der Waals surface area contributed by atoms with Gasteiger partial charge in [-0.05, 0) is 25.0 Å². The van der Waals surface area contributed by atoms with Crippen LogP contribution < -0.4 is 10.2 Å². The number of rotatable bonds is 5. The molecular formula is C15H23N3O2. The Kier molecular flexibility index (Phi) is 4.60. The predicted molar refractivity (Wildman–Crippen MR) is 78.9 cm³/mol. The number of aliphatic hydroxyl groups excluding tert-OH is 1. The van der Waals surface area contributed by atoms with Crippen LogP contribution in [0.5, 0.6) is 0 Å². The van der Waals surface area contributed by atoms with Crippen molar-refractivity contribution >= 4 is 11.7 Å². The topological polar surface area (TPSA) is 65.5 Å². The van der Waals surface area contributed by atoms with Crippen LogP contribution in [-0.4, -0.2) is 43.2 Å². The van der Waals surface area contributed by atoms with Gasteiger partial charge < -0.3 is 15.3 Å². The monoisotopic (exact) mass is 277 g/mol. The first-order valence-corrected chi connectivity index (χ1v) is 7.09. The van der Waals surface area contributed by atoms with Gasteiger partial charge in [-0.15, -0.1) is 0 Å². The fraction of sp³-hybridized carbons (Fsp3) is 0.600. The molecule has 1 amide bonds. The largest absolute Gasteiger partial charge is 0.396 e. The molecule has 5 nitrogen and oxygen atoms in total. The van der Waals surface area contributed by atoms with E-state index in [1.165, 1.54) is 0 Å². The zero-order valence-electron chi connectivity index (χ0n) is 12.2. The van der Waals surface area contributed by atoms with E-state index in [9.17, 15) is 9.90 Å². The van der Waals surface area contributed by atoms with E-state index in [-0.39, 0.29) is 17.9 Å². The van der Waals surface area contributed by atoms with Crippen LogP contribution in [0.2, 0.25) is 0 Å². The number of aliphatic hydroxyl groups is 1. The summed E-state index contributed by atoms with van der Waals surface area (Å²) >= 11 is 0. The summed E-state index contributed by atoms with van der Waals surface area (Å²) in [6.45, 7) is 0.689. The highest BCUT2D eigenvalue weighted by Gasteiger charge is 2.33. The van der Waals surface area contributed by atoms with Gasteiger partial charge in [0.15, 0.2) is 0 Å². The summed E-state index contributed by atoms with van der Waals surface area (Å²) in [5.41, 5.74) is 0.488. The molecular weight excluding hydrogens is 254 g/mol. The molecule has 1 aliphatic rings. The third-order valence-corrected chi connectivity index (χ3v) is 4.09. The van der Waals surface area contributed by atoms with Gasteiger partial charge >= 0.3 is 0 Å². The van der Waals surface area contributed by atoms with E-state index in [1.807, 2.05) is 19.0 Å². The molecule has 2 rings (SSSR count). The average Bonchev–Trinajstić information content (AvgIpc) is 2.94. The molecule has 1 saturated carbocycles. The third kappa shape index (κ3) is 3.28. The van der Waals surface area contributed by atoms with Crippen molar-refractivity contribution in [3.05, 3.63) is 23.9 Å². The molecule has 0 atom stereocenters. The van der Waals surface area contributed by atoms with Crippen LogP contribution in [0.3, 0.4) is 0 Å². The Morgan fingerprint density at radius 2 is 2.15 bits per heavy atom. The molecule has 0 saturated heterocycles. The highest BCUT2D eigenvalue weighted by Crippen LogP contribution is 2.36. The van der Waals surface area contributed by atoms with Crippen molar-refractivity contribution in [1.82, 2.24) is 10.3 Å². The molecule has 2 N–H and O–H groups in total. The van der Waals surface area contributed by atoms with Crippen LogP contribution in [0.15, 0.2) is 18.3 Å². The number of hydrogen-bond acceptors (Lipinski definition) is 4. The zero-order valence-corrected chi connectivity index (χ0v) is 12.2. The summed E-state index contributed by atoms with van der Waals surface area (Å²) in [7, 11) is 3.78. The van der Waals surface area contributed by atoms with Crippen molar-refractivity contribution in [3.63, 3.8) is 0 Å². The van der Waals surface area contributed by atoms with Gasteiger partial charge in [-0.25, -0.2) is 4.98 Å². The van der Waals surface area contributed by atoms with Gasteiger partial charge in [0, 0.05) is 37.8 Å². The maximum Gasteiger partial charge on any atom is 0.251 e. The second-order valence-corrected chi connectivity index (χ2v) is 5.85. The molecule has 1 fully saturated rings. The normalized spacial score (nSPS) is 16.9. The number of pyridine rings is 1. The van der Waals surface area contributed by atoms with E-state index in [4.69, 9.17) is 0 Å². The Morgan fingerprint density at radius 1 is 1.45 bits per heavy atom. The first-order chi connectivity index (χ1) is 9.56. The number of nitrogens with one attached hydrogen (secondary N) is 1. The van der Waals surface area contributed by atoms with Crippen LogP contribution in [0.4, 0.5) is 5.82 Å². The zero-order chi connectivity index (χ0) is 14.6. The van der Waals surface area contributed by atoms with Crippen molar-refractivity contribution in [2.24, 2.45) is 5.41 Å². The molecule has 0 spiro atoms. The fourth-order valence-electron chi connectivity index (χ4n) is 2.69. The standard InChI is InChI=1S/C15H23N3O2/c1-18(2)13-9-12(5-8-16-13)14(20)17-10-15(11-19)6-3-4-7-15/h5,8-9,19H,3-4,6-7,10-11H2,1-2H3,(H,17,20). The van der Waals surface area contributed by atoms with E-state index in [2.05, 4.69) is 10.3 Å². The molecule has 1 heterocycles. The summed E-state index contributed by atoms with van der Waals surface area (Å²) in [5.74, 6) is 0.658. The van der Waals surface area contributed by atoms with Gasteiger partial charge in [-0.2, -0.15) is 0 Å². The predicted octanol–water partition coefficient (Wildman–Crippen LogP) is 1.43. The van der Waals surface area contributed by atoms with Gasteiger partial charge in [0.05, 0.1) is 6.61 Å². The van der Waals surface area contributed by atoms with E-state index < -0.39 is 0 Å². The van der Waals surface area contributed by atoms with E-state index in [1.54, 1.807) is 18.3 Å². The summed E-state index contributed by atoms with van der Waals surface area (Å²) < 4.78 is 0. The van der Waals surface area contributed by atoms with Crippen LogP contribution in [0.1, 0.15) is 36.0 Å².